The van der Waals surface area contributed by atoms with Gasteiger partial charge >= 0.3 is 5.97 Å². The number of aromatic nitrogens is 1. The Hall–Kier alpha value is -3.58. The van der Waals surface area contributed by atoms with Crippen LogP contribution in [0, 0.1) is 13.8 Å². The molecule has 2 aromatic carbocycles. The van der Waals surface area contributed by atoms with Crippen LogP contribution in [-0.4, -0.2) is 22.2 Å². The first kappa shape index (κ1) is 23.2. The van der Waals surface area contributed by atoms with Gasteiger partial charge in [-0.1, -0.05) is 6.07 Å². The summed E-state index contributed by atoms with van der Waals surface area (Å²) in [6, 6.07) is 13.5. The molecule has 2 aromatic heterocycles. The van der Waals surface area contributed by atoms with Gasteiger partial charge < -0.3 is 19.1 Å². The molecule has 0 fully saturated rings. The second-order valence-electron chi connectivity index (χ2n) is 8.93. The van der Waals surface area contributed by atoms with E-state index in [9.17, 15) is 14.7 Å². The summed E-state index contributed by atoms with van der Waals surface area (Å²) in [7, 11) is 1.64. The molecule has 7 heteroatoms. The molecule has 4 aromatic rings. The van der Waals surface area contributed by atoms with Gasteiger partial charge in [-0.3, -0.25) is 9.59 Å². The number of hydrogen-bond acceptors (Lipinski definition) is 5. The molecule has 0 spiro atoms. The van der Waals surface area contributed by atoms with Gasteiger partial charge in [0.1, 0.15) is 18.1 Å². The monoisotopic (exact) mass is 489 g/mol. The predicted molar refractivity (Wildman–Crippen MR) is 138 cm³/mol. The number of hydrogen-bond donors (Lipinski definition) is 1. The van der Waals surface area contributed by atoms with Gasteiger partial charge in [0.15, 0.2) is 0 Å². The minimum absolute atomic E-state index is 0.239. The number of ether oxygens (including phenoxy) is 2. The number of pyridine rings is 1. The maximum absolute atomic E-state index is 13.4. The SMILES string of the molecule is Cc1ccc(COc2ccc3c(-c4ccc5c(c4C)CCCO5)c(CC(=O)O)n(C)c(=O)c3c2)s1. The first-order chi connectivity index (χ1) is 16.8. The zero-order valence-electron chi connectivity index (χ0n) is 20.0. The van der Waals surface area contributed by atoms with E-state index in [0.29, 0.717) is 30.0 Å². The van der Waals surface area contributed by atoms with E-state index in [4.69, 9.17) is 9.47 Å². The van der Waals surface area contributed by atoms with Crippen molar-refractivity contribution in [1.82, 2.24) is 4.57 Å². The Labute approximate surface area is 207 Å². The number of fused-ring (bicyclic) bond motifs is 2. The maximum atomic E-state index is 13.4. The van der Waals surface area contributed by atoms with E-state index in [1.807, 2.05) is 37.3 Å². The number of rotatable bonds is 6. The molecule has 0 amide bonds. The molecule has 180 valence electrons. The number of aliphatic carboxylic acids is 1. The second kappa shape index (κ2) is 9.23. The lowest BCUT2D eigenvalue weighted by molar-refractivity contribution is -0.136. The fraction of sp³-hybridized carbons (Fsp3) is 0.286. The lowest BCUT2D eigenvalue weighted by Gasteiger charge is -2.23. The van der Waals surface area contributed by atoms with Crippen molar-refractivity contribution >= 4 is 28.1 Å². The van der Waals surface area contributed by atoms with Crippen molar-refractivity contribution in [3.63, 3.8) is 0 Å². The summed E-state index contributed by atoms with van der Waals surface area (Å²) in [5.41, 5.74) is 4.14. The van der Waals surface area contributed by atoms with Crippen LogP contribution in [0.1, 0.15) is 33.0 Å². The molecule has 1 N–H and O–H groups in total. The molecule has 0 saturated heterocycles. The van der Waals surface area contributed by atoms with Crippen LogP contribution in [0.3, 0.4) is 0 Å². The average molecular weight is 490 g/mol. The Kier molecular flexibility index (Phi) is 6.11. The van der Waals surface area contributed by atoms with Crippen LogP contribution in [0.25, 0.3) is 21.9 Å². The Bertz CT molecular complexity index is 1510. The van der Waals surface area contributed by atoms with Crippen molar-refractivity contribution in [1.29, 1.82) is 0 Å². The van der Waals surface area contributed by atoms with Gasteiger partial charge in [0, 0.05) is 28.1 Å². The van der Waals surface area contributed by atoms with Crippen LogP contribution >= 0.6 is 11.3 Å². The molecule has 3 heterocycles. The van der Waals surface area contributed by atoms with Gasteiger partial charge in [0.25, 0.3) is 5.56 Å². The molecular weight excluding hydrogens is 462 g/mol. The normalized spacial score (nSPS) is 12.9. The minimum atomic E-state index is -0.981. The molecule has 1 aliphatic rings. The van der Waals surface area contributed by atoms with E-state index in [1.54, 1.807) is 24.5 Å². The quantitative estimate of drug-likeness (QED) is 0.392. The standard InChI is InChI=1S/C28H27NO5S/c1-16-6-8-19(35-16)15-34-18-7-9-22-23(13-18)28(32)29(3)24(14-26(30)31)27(22)21-10-11-25-20(17(21)2)5-4-12-33-25/h6-11,13H,4-5,12,14-15H2,1-3H3,(H,30,31). The van der Waals surface area contributed by atoms with E-state index >= 15 is 0 Å². The Morgan fingerprint density at radius 2 is 1.97 bits per heavy atom. The van der Waals surface area contributed by atoms with Crippen LogP contribution in [0.4, 0.5) is 0 Å². The number of thiophene rings is 1. The van der Waals surface area contributed by atoms with Crippen molar-refractivity contribution in [2.24, 2.45) is 7.05 Å². The lowest BCUT2D eigenvalue weighted by Crippen LogP contribution is -2.24. The van der Waals surface area contributed by atoms with Crippen LogP contribution in [0.15, 0.2) is 47.3 Å². The number of nitrogens with zero attached hydrogens (tertiary/aromatic N) is 1. The number of carboxylic acids is 1. The fourth-order valence-corrected chi connectivity index (χ4v) is 5.69. The molecular formula is C28H27NO5S. The number of carbonyl (C=O) groups is 1. The highest BCUT2D eigenvalue weighted by molar-refractivity contribution is 7.11. The van der Waals surface area contributed by atoms with Crippen LogP contribution in [0.2, 0.25) is 0 Å². The van der Waals surface area contributed by atoms with Crippen molar-refractivity contribution < 1.29 is 19.4 Å². The third-order valence-corrected chi connectivity index (χ3v) is 7.61. The van der Waals surface area contributed by atoms with Gasteiger partial charge in [-0.15, -0.1) is 11.3 Å². The highest BCUT2D eigenvalue weighted by Gasteiger charge is 2.23. The summed E-state index contributed by atoms with van der Waals surface area (Å²) in [6.45, 7) is 5.23. The summed E-state index contributed by atoms with van der Waals surface area (Å²) in [6.07, 6.45) is 1.60. The predicted octanol–water partition coefficient (Wildman–Crippen LogP) is 5.41. The van der Waals surface area contributed by atoms with Crippen LogP contribution < -0.4 is 15.0 Å². The molecule has 0 saturated carbocycles. The molecule has 0 unspecified atom stereocenters. The number of aryl methyl sites for hydroxylation is 1. The van der Waals surface area contributed by atoms with E-state index < -0.39 is 5.97 Å². The van der Waals surface area contributed by atoms with Crippen LogP contribution in [0.5, 0.6) is 11.5 Å². The first-order valence-corrected chi connectivity index (χ1v) is 12.5. The third kappa shape index (κ3) is 4.32. The smallest absolute Gasteiger partial charge is 0.309 e. The fourth-order valence-electron chi connectivity index (χ4n) is 4.88. The molecule has 35 heavy (non-hydrogen) atoms. The van der Waals surface area contributed by atoms with Crippen molar-refractivity contribution in [2.75, 3.05) is 6.61 Å². The summed E-state index contributed by atoms with van der Waals surface area (Å²) < 4.78 is 13.3. The largest absolute Gasteiger partial charge is 0.493 e. The Balaban J connectivity index is 1.68. The van der Waals surface area contributed by atoms with Gasteiger partial charge in [0.05, 0.1) is 18.4 Å². The summed E-state index contributed by atoms with van der Waals surface area (Å²) in [5, 5.41) is 10.9. The first-order valence-electron chi connectivity index (χ1n) is 11.6. The Morgan fingerprint density at radius 1 is 1.14 bits per heavy atom. The molecule has 6 nitrogen and oxygen atoms in total. The molecule has 1 aliphatic heterocycles. The zero-order chi connectivity index (χ0) is 24.7. The molecule has 0 bridgehead atoms. The van der Waals surface area contributed by atoms with Crippen molar-refractivity contribution in [2.45, 2.75) is 39.7 Å². The van der Waals surface area contributed by atoms with E-state index in [2.05, 4.69) is 13.0 Å². The van der Waals surface area contributed by atoms with Crippen molar-refractivity contribution in [3.8, 4) is 22.6 Å². The summed E-state index contributed by atoms with van der Waals surface area (Å²) in [5.74, 6) is 0.504. The van der Waals surface area contributed by atoms with Crippen LogP contribution in [-0.2, 0) is 31.3 Å². The highest BCUT2D eigenvalue weighted by Crippen LogP contribution is 2.39. The zero-order valence-corrected chi connectivity index (χ0v) is 20.8. The molecule has 0 atom stereocenters. The molecule has 0 radical (unpaired) electrons. The molecule has 0 aliphatic carbocycles. The van der Waals surface area contributed by atoms with Gasteiger partial charge in [0.2, 0.25) is 0 Å². The highest BCUT2D eigenvalue weighted by atomic mass is 32.1. The van der Waals surface area contributed by atoms with Gasteiger partial charge in [-0.25, -0.2) is 0 Å². The second-order valence-corrected chi connectivity index (χ2v) is 10.3. The lowest BCUT2D eigenvalue weighted by atomic mass is 9.88. The van der Waals surface area contributed by atoms with E-state index in [0.717, 1.165) is 51.1 Å². The van der Waals surface area contributed by atoms with E-state index in [-0.39, 0.29) is 12.0 Å². The van der Waals surface area contributed by atoms with Crippen molar-refractivity contribution in [3.05, 3.63) is 79.4 Å². The Morgan fingerprint density at radius 3 is 2.71 bits per heavy atom. The maximum Gasteiger partial charge on any atom is 0.309 e. The third-order valence-electron chi connectivity index (χ3n) is 6.64. The summed E-state index contributed by atoms with van der Waals surface area (Å²) >= 11 is 1.68. The number of carboxylic acid groups (broad SMARTS) is 1. The average Bonchev–Trinajstić information content (AvgIpc) is 3.27. The molecule has 5 rings (SSSR count). The van der Waals surface area contributed by atoms with Gasteiger partial charge in [-0.2, -0.15) is 0 Å². The minimum Gasteiger partial charge on any atom is -0.493 e. The van der Waals surface area contributed by atoms with Gasteiger partial charge in [-0.05, 0) is 85.2 Å². The van der Waals surface area contributed by atoms with E-state index in [1.165, 1.54) is 9.44 Å². The topological polar surface area (TPSA) is 77.8 Å². The summed E-state index contributed by atoms with van der Waals surface area (Å²) in [4.78, 5) is 27.5. The number of benzene rings is 2.